The lowest BCUT2D eigenvalue weighted by molar-refractivity contribution is 0.289. The molecule has 6 nitrogen and oxygen atoms in total. The van der Waals surface area contributed by atoms with Gasteiger partial charge in [-0.25, -0.2) is 4.98 Å². The van der Waals surface area contributed by atoms with Crippen LogP contribution >= 0.6 is 0 Å². The van der Waals surface area contributed by atoms with Crippen LogP contribution in [0.1, 0.15) is 31.2 Å². The van der Waals surface area contributed by atoms with Crippen LogP contribution in [0.25, 0.3) is 22.3 Å². The number of pyridine rings is 2. The first-order chi connectivity index (χ1) is 15.7. The fourth-order valence-electron chi connectivity index (χ4n) is 5.47. The molecule has 6 rings (SSSR count). The fourth-order valence-corrected chi connectivity index (χ4v) is 5.47. The zero-order chi connectivity index (χ0) is 21.7. The summed E-state index contributed by atoms with van der Waals surface area (Å²) in [5.41, 5.74) is 5.63. The number of fused-ring (bicyclic) bond motifs is 5. The monoisotopic (exact) mass is 428 g/mol. The summed E-state index contributed by atoms with van der Waals surface area (Å²) in [6, 6.07) is 16.6. The largest absolute Gasteiger partial charge is 0.481 e. The molecule has 3 aliphatic rings. The summed E-state index contributed by atoms with van der Waals surface area (Å²) in [7, 11) is 3.81. The molecule has 0 saturated carbocycles. The zero-order valence-electron chi connectivity index (χ0n) is 18.5. The van der Waals surface area contributed by atoms with Crippen LogP contribution in [0.4, 0.5) is 5.82 Å². The highest BCUT2D eigenvalue weighted by Gasteiger charge is 2.35. The molecule has 0 radical (unpaired) electrons. The normalized spacial score (nSPS) is 23.1. The van der Waals surface area contributed by atoms with Crippen molar-refractivity contribution in [1.29, 1.82) is 0 Å². The predicted molar refractivity (Wildman–Crippen MR) is 125 cm³/mol. The van der Waals surface area contributed by atoms with Crippen LogP contribution in [0.15, 0.2) is 48.7 Å². The first-order valence-electron chi connectivity index (χ1n) is 11.4. The number of benzene rings is 1. The van der Waals surface area contributed by atoms with Crippen molar-refractivity contribution in [3.8, 4) is 34.0 Å². The van der Waals surface area contributed by atoms with E-state index in [4.69, 9.17) is 14.5 Å². The lowest BCUT2D eigenvalue weighted by Gasteiger charge is -2.36. The van der Waals surface area contributed by atoms with E-state index in [1.807, 2.05) is 12.1 Å². The number of hydrogen-bond acceptors (Lipinski definition) is 6. The molecule has 6 heteroatoms. The second-order valence-electron chi connectivity index (χ2n) is 9.14. The first kappa shape index (κ1) is 19.6. The number of aromatic nitrogens is 2. The van der Waals surface area contributed by atoms with Gasteiger partial charge >= 0.3 is 0 Å². The highest BCUT2D eigenvalue weighted by molar-refractivity contribution is 5.78. The smallest absolute Gasteiger partial charge is 0.223 e. The summed E-state index contributed by atoms with van der Waals surface area (Å²) in [5.74, 6) is 2.35. The molecule has 0 spiro atoms. The lowest BCUT2D eigenvalue weighted by atomic mass is 9.94. The average molecular weight is 429 g/mol. The Balaban J connectivity index is 1.27. The van der Waals surface area contributed by atoms with E-state index in [1.165, 1.54) is 36.8 Å². The van der Waals surface area contributed by atoms with Crippen molar-refractivity contribution in [1.82, 2.24) is 15.3 Å². The molecular weight excluding hydrogens is 400 g/mol. The number of hydrogen-bond donors (Lipinski definition) is 1. The van der Waals surface area contributed by atoms with E-state index in [1.54, 1.807) is 13.3 Å². The van der Waals surface area contributed by atoms with Crippen molar-refractivity contribution < 1.29 is 9.47 Å². The Labute approximate surface area is 188 Å². The van der Waals surface area contributed by atoms with Gasteiger partial charge < -0.3 is 19.7 Å². The van der Waals surface area contributed by atoms with Gasteiger partial charge in [0.1, 0.15) is 12.4 Å². The third kappa shape index (κ3) is 3.39. The Morgan fingerprint density at radius 1 is 1.00 bits per heavy atom. The number of nitrogens with zero attached hydrogens (tertiary/aromatic N) is 3. The number of ether oxygens (including phenoxy) is 2. The molecule has 0 amide bonds. The molecule has 5 heterocycles. The van der Waals surface area contributed by atoms with E-state index in [0.29, 0.717) is 30.6 Å². The highest BCUT2D eigenvalue weighted by atomic mass is 16.5. The SMILES string of the molecule is COc1cc(-c2ccc3c(c2)COc2nc(N(C)C4CC5CCC(C4)N5)ccc2-3)ccn1. The number of rotatable bonds is 4. The first-order valence-corrected chi connectivity index (χ1v) is 11.4. The molecule has 2 atom stereocenters. The number of nitrogens with one attached hydrogen (secondary N) is 1. The summed E-state index contributed by atoms with van der Waals surface area (Å²) in [4.78, 5) is 11.5. The van der Waals surface area contributed by atoms with Gasteiger partial charge in [-0.1, -0.05) is 12.1 Å². The van der Waals surface area contributed by atoms with Gasteiger partial charge in [0.2, 0.25) is 11.8 Å². The van der Waals surface area contributed by atoms with Gasteiger partial charge in [-0.15, -0.1) is 0 Å². The molecule has 1 aromatic carbocycles. The molecule has 164 valence electrons. The van der Waals surface area contributed by atoms with Crippen LogP contribution in [0.2, 0.25) is 0 Å². The maximum absolute atomic E-state index is 6.13. The fraction of sp³-hybridized carbons (Fsp3) is 0.385. The maximum atomic E-state index is 6.13. The molecule has 2 saturated heterocycles. The van der Waals surface area contributed by atoms with E-state index in [9.17, 15) is 0 Å². The van der Waals surface area contributed by atoms with Gasteiger partial charge in [0.25, 0.3) is 0 Å². The number of anilines is 1. The van der Waals surface area contributed by atoms with Crippen molar-refractivity contribution >= 4 is 5.82 Å². The summed E-state index contributed by atoms with van der Waals surface area (Å²) >= 11 is 0. The Bertz CT molecular complexity index is 1150. The van der Waals surface area contributed by atoms with Gasteiger partial charge in [0.15, 0.2) is 0 Å². The average Bonchev–Trinajstić information content (AvgIpc) is 3.19. The van der Waals surface area contributed by atoms with Crippen molar-refractivity contribution in [2.45, 2.75) is 50.4 Å². The zero-order valence-corrected chi connectivity index (χ0v) is 18.5. The van der Waals surface area contributed by atoms with Crippen LogP contribution in [0.5, 0.6) is 11.8 Å². The number of methoxy groups -OCH3 is 1. The summed E-state index contributed by atoms with van der Waals surface area (Å²) in [6.07, 6.45) is 6.77. The molecular formula is C26H28N4O2. The van der Waals surface area contributed by atoms with Gasteiger partial charge in [0.05, 0.1) is 7.11 Å². The van der Waals surface area contributed by atoms with Crippen molar-refractivity contribution in [3.05, 3.63) is 54.2 Å². The third-order valence-corrected chi connectivity index (χ3v) is 7.24. The molecule has 32 heavy (non-hydrogen) atoms. The second-order valence-corrected chi connectivity index (χ2v) is 9.14. The van der Waals surface area contributed by atoms with Crippen LogP contribution in [0.3, 0.4) is 0 Å². The standard InChI is InChI=1S/C26H28N4O2/c1-30(21-13-19-4-5-20(14-21)28-19)24-8-7-23-22-6-3-16(11-18(22)15-32-26(23)29-24)17-9-10-27-25(12-17)31-2/h3,6-12,19-21,28H,4-5,13-15H2,1-2H3. The minimum Gasteiger partial charge on any atom is -0.481 e. The van der Waals surface area contributed by atoms with E-state index < -0.39 is 0 Å². The quantitative estimate of drug-likeness (QED) is 0.663. The molecule has 3 aromatic rings. The molecule has 0 aliphatic carbocycles. The third-order valence-electron chi connectivity index (χ3n) is 7.24. The van der Waals surface area contributed by atoms with Crippen LogP contribution in [0, 0.1) is 0 Å². The molecule has 3 aliphatic heterocycles. The Kier molecular flexibility index (Phi) is 4.76. The van der Waals surface area contributed by atoms with Crippen LogP contribution in [-0.2, 0) is 6.61 Å². The Morgan fingerprint density at radius 3 is 2.59 bits per heavy atom. The lowest BCUT2D eigenvalue weighted by Crippen LogP contribution is -2.47. The molecule has 1 N–H and O–H groups in total. The maximum Gasteiger partial charge on any atom is 0.223 e. The summed E-state index contributed by atoms with van der Waals surface area (Å²) in [6.45, 7) is 0.524. The van der Waals surface area contributed by atoms with Crippen molar-refractivity contribution in [2.75, 3.05) is 19.1 Å². The molecule has 2 fully saturated rings. The van der Waals surface area contributed by atoms with E-state index in [2.05, 4.69) is 52.6 Å². The van der Waals surface area contributed by atoms with E-state index in [-0.39, 0.29) is 0 Å². The van der Waals surface area contributed by atoms with Crippen molar-refractivity contribution in [2.24, 2.45) is 0 Å². The van der Waals surface area contributed by atoms with Crippen molar-refractivity contribution in [3.63, 3.8) is 0 Å². The molecule has 2 aromatic heterocycles. The number of piperidine rings is 1. The topological polar surface area (TPSA) is 59.5 Å². The van der Waals surface area contributed by atoms with Crippen LogP contribution < -0.4 is 19.7 Å². The Hall–Kier alpha value is -3.12. The summed E-state index contributed by atoms with van der Waals surface area (Å²) < 4.78 is 11.4. The summed E-state index contributed by atoms with van der Waals surface area (Å²) in [5, 5.41) is 3.73. The minimum atomic E-state index is 0.524. The van der Waals surface area contributed by atoms with Gasteiger partial charge in [-0.2, -0.15) is 4.98 Å². The Morgan fingerprint density at radius 2 is 1.78 bits per heavy atom. The van der Waals surface area contributed by atoms with Crippen LogP contribution in [-0.4, -0.2) is 42.3 Å². The molecule has 2 unspecified atom stereocenters. The van der Waals surface area contributed by atoms with Gasteiger partial charge in [-0.05, 0) is 72.2 Å². The highest BCUT2D eigenvalue weighted by Crippen LogP contribution is 2.40. The molecule has 2 bridgehead atoms. The van der Waals surface area contributed by atoms with E-state index >= 15 is 0 Å². The second kappa shape index (κ2) is 7.78. The minimum absolute atomic E-state index is 0.524. The van der Waals surface area contributed by atoms with Gasteiger partial charge in [-0.3, -0.25) is 0 Å². The van der Waals surface area contributed by atoms with Gasteiger partial charge in [0, 0.05) is 43.0 Å². The predicted octanol–water partition coefficient (Wildman–Crippen LogP) is 4.43. The van der Waals surface area contributed by atoms with E-state index in [0.717, 1.165) is 28.4 Å².